The molecule has 1 atom stereocenters. The third-order valence-corrected chi connectivity index (χ3v) is 7.98. The van der Waals surface area contributed by atoms with E-state index in [9.17, 15) is 9.90 Å². The van der Waals surface area contributed by atoms with Crippen LogP contribution in [0, 0.1) is 11.3 Å². The summed E-state index contributed by atoms with van der Waals surface area (Å²) in [4.78, 5) is 23.2. The van der Waals surface area contributed by atoms with E-state index in [-0.39, 0.29) is 24.4 Å². The molecule has 2 aromatic heterocycles. The van der Waals surface area contributed by atoms with Crippen LogP contribution < -0.4 is 9.47 Å². The van der Waals surface area contributed by atoms with E-state index in [0.717, 1.165) is 61.6 Å². The van der Waals surface area contributed by atoms with Gasteiger partial charge in [0.1, 0.15) is 30.0 Å². The standard InChI is InChI=1S/C31H30ClN5O5/c32-26-13-20(16-33)1-4-29(26)41-19-22-15-24(5-9-34-22)42-23-6-10-36(11-7-23)18-30-35-27-3-2-21(31(38)39)14-28(27)37(30)17-25-8-12-40-25/h1-5,9,13-15,23,25H,6-8,10-12,17-19H2,(H,38,39)/t25-/m0/s1. The number of nitrogens with zero attached hydrogens (tertiary/aromatic N) is 5. The number of fused-ring (bicyclic) bond motifs is 1. The molecule has 0 spiro atoms. The smallest absolute Gasteiger partial charge is 0.335 e. The number of imidazole rings is 1. The normalized spacial score (nSPS) is 17.5. The van der Waals surface area contributed by atoms with E-state index in [4.69, 9.17) is 36.1 Å². The van der Waals surface area contributed by atoms with Crippen LogP contribution in [0.25, 0.3) is 11.0 Å². The van der Waals surface area contributed by atoms with Crippen LogP contribution in [0.2, 0.25) is 5.02 Å². The SMILES string of the molecule is N#Cc1ccc(OCc2cc(OC3CCN(Cc4nc5ccc(C(=O)O)cc5n4C[C@@H]4CCO4)CC3)ccn2)c(Cl)c1. The number of likely N-dealkylation sites (tertiary alicyclic amines) is 1. The van der Waals surface area contributed by atoms with E-state index in [0.29, 0.717) is 35.1 Å². The van der Waals surface area contributed by atoms with Crippen LogP contribution in [0.3, 0.4) is 0 Å². The molecule has 1 N–H and O–H groups in total. The van der Waals surface area contributed by atoms with Crippen molar-refractivity contribution in [3.8, 4) is 17.6 Å². The molecule has 0 bridgehead atoms. The minimum absolute atomic E-state index is 0.0747. The van der Waals surface area contributed by atoms with Crippen molar-refractivity contribution in [2.45, 2.75) is 51.2 Å². The van der Waals surface area contributed by atoms with Crippen molar-refractivity contribution in [1.82, 2.24) is 19.4 Å². The average Bonchev–Trinajstić information content (AvgIpc) is 3.31. The van der Waals surface area contributed by atoms with E-state index in [1.54, 1.807) is 42.6 Å². The van der Waals surface area contributed by atoms with Gasteiger partial charge in [-0.15, -0.1) is 0 Å². The number of carbonyl (C=O) groups is 1. The highest BCUT2D eigenvalue weighted by Gasteiger charge is 2.26. The fourth-order valence-electron chi connectivity index (χ4n) is 5.29. The van der Waals surface area contributed by atoms with Crippen molar-refractivity contribution < 1.29 is 24.1 Å². The summed E-state index contributed by atoms with van der Waals surface area (Å²) in [6.07, 6.45) is 4.63. The molecule has 216 valence electrons. The van der Waals surface area contributed by atoms with Crippen LogP contribution in [0.4, 0.5) is 0 Å². The number of halogens is 1. The predicted octanol–water partition coefficient (Wildman–Crippen LogP) is 5.07. The van der Waals surface area contributed by atoms with Crippen molar-refractivity contribution in [3.63, 3.8) is 0 Å². The summed E-state index contributed by atoms with van der Waals surface area (Å²) in [5.74, 6) is 1.21. The molecule has 0 aliphatic carbocycles. The van der Waals surface area contributed by atoms with E-state index >= 15 is 0 Å². The van der Waals surface area contributed by atoms with Crippen LogP contribution in [0.1, 0.15) is 46.7 Å². The number of benzene rings is 2. The lowest BCUT2D eigenvalue weighted by atomic mass is 10.1. The molecule has 4 heterocycles. The molecule has 0 unspecified atom stereocenters. The van der Waals surface area contributed by atoms with Crippen LogP contribution in [-0.2, 0) is 24.4 Å². The number of hydrogen-bond donors (Lipinski definition) is 1. The molecule has 11 heteroatoms. The Morgan fingerprint density at radius 1 is 1.14 bits per heavy atom. The summed E-state index contributed by atoms with van der Waals surface area (Å²) < 4.78 is 19.9. The third-order valence-electron chi connectivity index (χ3n) is 7.68. The number of aromatic nitrogens is 3. The fraction of sp³-hybridized carbons (Fsp3) is 0.355. The Morgan fingerprint density at radius 2 is 1.98 bits per heavy atom. The van der Waals surface area contributed by atoms with E-state index in [2.05, 4.69) is 20.5 Å². The highest BCUT2D eigenvalue weighted by Crippen LogP contribution is 2.28. The van der Waals surface area contributed by atoms with Crippen LogP contribution in [0.5, 0.6) is 11.5 Å². The second-order valence-corrected chi connectivity index (χ2v) is 11.0. The highest BCUT2D eigenvalue weighted by molar-refractivity contribution is 6.32. The van der Waals surface area contributed by atoms with Gasteiger partial charge in [0.05, 0.1) is 58.1 Å². The number of piperidine rings is 1. The van der Waals surface area contributed by atoms with Gasteiger partial charge in [-0.3, -0.25) is 9.88 Å². The number of ether oxygens (including phenoxy) is 3. The summed E-state index contributed by atoms with van der Waals surface area (Å²) >= 11 is 6.22. The minimum atomic E-state index is -0.947. The summed E-state index contributed by atoms with van der Waals surface area (Å²) in [6.45, 7) is 4.03. The maximum absolute atomic E-state index is 11.6. The highest BCUT2D eigenvalue weighted by atomic mass is 35.5. The van der Waals surface area contributed by atoms with Gasteiger partial charge in [-0.05, 0) is 61.7 Å². The van der Waals surface area contributed by atoms with E-state index in [1.807, 2.05) is 12.1 Å². The molecule has 2 aliphatic rings. The molecule has 42 heavy (non-hydrogen) atoms. The third kappa shape index (κ3) is 6.34. The second-order valence-electron chi connectivity index (χ2n) is 10.6. The molecule has 10 nitrogen and oxygen atoms in total. The largest absolute Gasteiger partial charge is 0.490 e. The minimum Gasteiger partial charge on any atom is -0.490 e. The van der Waals surface area contributed by atoms with Gasteiger partial charge in [-0.25, -0.2) is 9.78 Å². The van der Waals surface area contributed by atoms with Crippen molar-refractivity contribution in [2.24, 2.45) is 0 Å². The number of nitriles is 1. The quantitative estimate of drug-likeness (QED) is 0.271. The van der Waals surface area contributed by atoms with Gasteiger partial charge < -0.3 is 23.9 Å². The first kappa shape index (κ1) is 28.0. The molecule has 2 aromatic carbocycles. The van der Waals surface area contributed by atoms with Crippen molar-refractivity contribution >= 4 is 28.6 Å². The molecular weight excluding hydrogens is 558 g/mol. The topological polar surface area (TPSA) is 123 Å². The molecule has 2 saturated heterocycles. The van der Waals surface area contributed by atoms with E-state index in [1.165, 1.54) is 0 Å². The summed E-state index contributed by atoms with van der Waals surface area (Å²) in [6, 6.07) is 15.8. The molecule has 2 fully saturated rings. The number of rotatable bonds is 10. The zero-order valence-electron chi connectivity index (χ0n) is 22.9. The first-order valence-corrected chi connectivity index (χ1v) is 14.3. The Balaban J connectivity index is 1.06. The Bertz CT molecular complexity index is 1640. The van der Waals surface area contributed by atoms with Crippen molar-refractivity contribution in [2.75, 3.05) is 19.7 Å². The molecule has 6 rings (SSSR count). The Hall–Kier alpha value is -4.17. The number of carboxylic acid groups (broad SMARTS) is 1. The van der Waals surface area contributed by atoms with Crippen LogP contribution >= 0.6 is 11.6 Å². The van der Waals surface area contributed by atoms with Crippen molar-refractivity contribution in [3.05, 3.63) is 82.4 Å². The molecule has 0 saturated carbocycles. The Morgan fingerprint density at radius 3 is 2.69 bits per heavy atom. The maximum atomic E-state index is 11.6. The van der Waals surface area contributed by atoms with Gasteiger partial charge in [0.25, 0.3) is 0 Å². The average molecular weight is 588 g/mol. The van der Waals surface area contributed by atoms with E-state index < -0.39 is 5.97 Å². The number of aromatic carboxylic acids is 1. The molecule has 2 aliphatic heterocycles. The lowest BCUT2D eigenvalue weighted by molar-refractivity contribution is -0.0592. The van der Waals surface area contributed by atoms with Gasteiger partial charge in [-0.2, -0.15) is 5.26 Å². The van der Waals surface area contributed by atoms with Crippen molar-refractivity contribution in [1.29, 1.82) is 5.26 Å². The van der Waals surface area contributed by atoms with Gasteiger partial charge in [0.2, 0.25) is 0 Å². The molecular formula is C31H30ClN5O5. The maximum Gasteiger partial charge on any atom is 0.335 e. The number of hydrogen-bond acceptors (Lipinski definition) is 8. The zero-order chi connectivity index (χ0) is 29.1. The summed E-state index contributed by atoms with van der Waals surface area (Å²) in [5.41, 5.74) is 3.07. The Kier molecular flexibility index (Phi) is 8.24. The van der Waals surface area contributed by atoms with Crippen LogP contribution in [-0.4, -0.2) is 62.4 Å². The lowest BCUT2D eigenvalue weighted by Gasteiger charge is -2.32. The molecule has 0 radical (unpaired) electrons. The molecule has 0 amide bonds. The first-order valence-electron chi connectivity index (χ1n) is 14.0. The Labute approximate surface area is 248 Å². The first-order chi connectivity index (χ1) is 20.4. The van der Waals surface area contributed by atoms with Gasteiger partial charge in [-0.1, -0.05) is 11.6 Å². The van der Waals surface area contributed by atoms with Gasteiger partial charge >= 0.3 is 5.97 Å². The van der Waals surface area contributed by atoms with Gasteiger partial charge in [0, 0.05) is 32.0 Å². The molecule has 4 aromatic rings. The monoisotopic (exact) mass is 587 g/mol. The second kappa shape index (κ2) is 12.4. The predicted molar refractivity (Wildman–Crippen MR) is 155 cm³/mol. The van der Waals surface area contributed by atoms with Gasteiger partial charge in [0.15, 0.2) is 0 Å². The summed E-state index contributed by atoms with van der Waals surface area (Å²) in [7, 11) is 0. The number of pyridine rings is 1. The fourth-order valence-corrected chi connectivity index (χ4v) is 5.52. The summed E-state index contributed by atoms with van der Waals surface area (Å²) in [5, 5.41) is 18.9. The zero-order valence-corrected chi connectivity index (χ0v) is 23.7. The van der Waals surface area contributed by atoms with Crippen LogP contribution in [0.15, 0.2) is 54.7 Å². The number of carboxylic acids is 1. The lowest BCUT2D eigenvalue weighted by Crippen LogP contribution is -2.39.